The molecule has 0 radical (unpaired) electrons. The summed E-state index contributed by atoms with van der Waals surface area (Å²) in [5, 5.41) is 12.3. The average molecular weight is 418 g/mol. The zero-order valence-electron chi connectivity index (χ0n) is 17.8. The third-order valence-electron chi connectivity index (χ3n) is 5.62. The molecule has 0 aromatic heterocycles. The Morgan fingerprint density at radius 3 is 2.50 bits per heavy atom. The molecule has 1 aromatic carbocycles. The summed E-state index contributed by atoms with van der Waals surface area (Å²) in [5.41, 5.74) is 0.450. The Morgan fingerprint density at radius 2 is 1.87 bits per heavy atom. The van der Waals surface area contributed by atoms with E-state index in [1.165, 1.54) is 4.90 Å². The van der Waals surface area contributed by atoms with Crippen molar-refractivity contribution in [2.45, 2.75) is 70.2 Å². The molecule has 8 heteroatoms. The predicted molar refractivity (Wildman–Crippen MR) is 111 cm³/mol. The van der Waals surface area contributed by atoms with Crippen molar-refractivity contribution in [3.63, 3.8) is 0 Å². The van der Waals surface area contributed by atoms with Gasteiger partial charge in [-0.25, -0.2) is 9.59 Å². The van der Waals surface area contributed by atoms with Gasteiger partial charge in [-0.1, -0.05) is 30.3 Å². The van der Waals surface area contributed by atoms with Crippen molar-refractivity contribution in [2.75, 3.05) is 13.1 Å². The molecule has 0 saturated carbocycles. The Morgan fingerprint density at radius 1 is 1.17 bits per heavy atom. The van der Waals surface area contributed by atoms with E-state index in [4.69, 9.17) is 4.74 Å². The Balaban J connectivity index is 1.63. The van der Waals surface area contributed by atoms with Crippen LogP contribution in [0.15, 0.2) is 30.3 Å². The molecule has 0 bridgehead atoms. The van der Waals surface area contributed by atoms with Crippen LogP contribution in [0.4, 0.5) is 9.59 Å². The molecule has 164 valence electrons. The number of carbonyl (C=O) groups excluding carboxylic acids is 2. The largest absolute Gasteiger partial charge is 0.465 e. The van der Waals surface area contributed by atoms with Crippen LogP contribution >= 0.6 is 0 Å². The number of rotatable bonds is 4. The molecular weight excluding hydrogens is 386 g/mol. The molecule has 2 N–H and O–H groups in total. The summed E-state index contributed by atoms with van der Waals surface area (Å²) in [6, 6.07) is 8.99. The Hall–Kier alpha value is -2.77. The van der Waals surface area contributed by atoms with Gasteiger partial charge in [0.2, 0.25) is 5.91 Å². The Labute approximate surface area is 177 Å². The number of benzene rings is 1. The highest BCUT2D eigenvalue weighted by molar-refractivity contribution is 5.87. The molecule has 0 spiro atoms. The first kappa shape index (κ1) is 21.9. The van der Waals surface area contributed by atoms with Gasteiger partial charge in [0.1, 0.15) is 11.6 Å². The highest BCUT2D eigenvalue weighted by atomic mass is 16.6. The Kier molecular flexibility index (Phi) is 6.53. The number of piperidine rings is 1. The van der Waals surface area contributed by atoms with Gasteiger partial charge in [-0.2, -0.15) is 0 Å². The quantitative estimate of drug-likeness (QED) is 0.785. The van der Waals surface area contributed by atoms with E-state index in [-0.39, 0.29) is 18.0 Å². The number of likely N-dealkylation sites (tertiary alicyclic amines) is 2. The zero-order valence-corrected chi connectivity index (χ0v) is 17.8. The van der Waals surface area contributed by atoms with Crippen LogP contribution in [0.5, 0.6) is 0 Å². The number of hydrogen-bond donors (Lipinski definition) is 2. The fraction of sp³-hybridized carbons (Fsp3) is 0.591. The summed E-state index contributed by atoms with van der Waals surface area (Å²) in [5.74, 6) is -0.118. The highest BCUT2D eigenvalue weighted by Crippen LogP contribution is 2.28. The van der Waals surface area contributed by atoms with Crippen LogP contribution in [-0.2, 0) is 16.0 Å². The number of alkyl carbamates (subject to hydrolysis) is 1. The van der Waals surface area contributed by atoms with Gasteiger partial charge in [-0.05, 0) is 52.0 Å². The monoisotopic (exact) mass is 417 g/mol. The molecule has 8 nitrogen and oxygen atoms in total. The third-order valence-corrected chi connectivity index (χ3v) is 5.62. The van der Waals surface area contributed by atoms with E-state index < -0.39 is 23.8 Å². The normalized spacial score (nSPS) is 24.6. The smallest absolute Gasteiger partial charge is 0.408 e. The van der Waals surface area contributed by atoms with E-state index >= 15 is 0 Å². The van der Waals surface area contributed by atoms with Crippen LogP contribution in [0.1, 0.15) is 45.6 Å². The summed E-state index contributed by atoms with van der Waals surface area (Å²) in [7, 11) is 0. The van der Waals surface area contributed by atoms with Crippen molar-refractivity contribution < 1.29 is 24.2 Å². The second-order valence-electron chi connectivity index (χ2n) is 9.02. The van der Waals surface area contributed by atoms with E-state index in [0.717, 1.165) is 5.56 Å². The maximum atomic E-state index is 12.9. The first-order chi connectivity index (χ1) is 14.1. The van der Waals surface area contributed by atoms with Gasteiger partial charge in [-0.3, -0.25) is 4.79 Å². The highest BCUT2D eigenvalue weighted by Gasteiger charge is 2.41. The van der Waals surface area contributed by atoms with Crippen LogP contribution in [0.3, 0.4) is 0 Å². The second-order valence-corrected chi connectivity index (χ2v) is 9.02. The summed E-state index contributed by atoms with van der Waals surface area (Å²) >= 11 is 0. The van der Waals surface area contributed by atoms with Crippen molar-refractivity contribution >= 4 is 18.1 Å². The summed E-state index contributed by atoms with van der Waals surface area (Å²) < 4.78 is 5.26. The molecule has 2 heterocycles. The minimum atomic E-state index is -0.924. The first-order valence-corrected chi connectivity index (χ1v) is 10.5. The van der Waals surface area contributed by atoms with Crippen LogP contribution in [0.2, 0.25) is 0 Å². The van der Waals surface area contributed by atoms with Crippen molar-refractivity contribution in [3.8, 4) is 0 Å². The number of nitrogens with one attached hydrogen (secondary N) is 1. The summed E-state index contributed by atoms with van der Waals surface area (Å²) in [4.78, 5) is 40.0. The van der Waals surface area contributed by atoms with E-state index in [9.17, 15) is 19.5 Å². The van der Waals surface area contributed by atoms with Crippen LogP contribution in [0.25, 0.3) is 0 Å². The van der Waals surface area contributed by atoms with Gasteiger partial charge in [0.05, 0.1) is 0 Å². The first-order valence-electron chi connectivity index (χ1n) is 10.5. The predicted octanol–water partition coefficient (Wildman–Crippen LogP) is 2.87. The molecule has 0 aliphatic carbocycles. The lowest BCUT2D eigenvalue weighted by Crippen LogP contribution is -2.54. The molecule has 3 atom stereocenters. The third kappa shape index (κ3) is 5.43. The SMILES string of the molecule is CC(C)(C)OC(=O)NC1CCN(C2CCN(C(=O)O)[C@@H](Cc3ccccc3)C2)C1=O. The van der Waals surface area contributed by atoms with Crippen molar-refractivity contribution in [1.29, 1.82) is 0 Å². The average Bonchev–Trinajstić information content (AvgIpc) is 3.01. The van der Waals surface area contributed by atoms with Crippen LogP contribution in [0, 0.1) is 0 Å². The molecule has 3 amide bonds. The molecule has 30 heavy (non-hydrogen) atoms. The lowest BCUT2D eigenvalue weighted by atomic mass is 9.91. The minimum Gasteiger partial charge on any atom is -0.465 e. The summed E-state index contributed by atoms with van der Waals surface area (Å²) in [6.07, 6.45) is 0.817. The molecule has 2 unspecified atom stereocenters. The molecule has 2 fully saturated rings. The van der Waals surface area contributed by atoms with Gasteiger partial charge in [0.25, 0.3) is 0 Å². The second kappa shape index (κ2) is 8.93. The molecule has 3 rings (SSSR count). The van der Waals surface area contributed by atoms with Gasteiger partial charge in [0.15, 0.2) is 0 Å². The molecule has 1 aromatic rings. The van der Waals surface area contributed by atoms with Crippen LogP contribution < -0.4 is 5.32 Å². The van der Waals surface area contributed by atoms with E-state index in [0.29, 0.717) is 38.8 Å². The molecule has 2 aliphatic rings. The topological polar surface area (TPSA) is 99.2 Å². The fourth-order valence-electron chi connectivity index (χ4n) is 4.29. The fourth-order valence-corrected chi connectivity index (χ4v) is 4.29. The molecule has 2 aliphatic heterocycles. The number of amides is 3. The van der Waals surface area contributed by atoms with Crippen molar-refractivity contribution in [2.24, 2.45) is 0 Å². The van der Waals surface area contributed by atoms with Crippen LogP contribution in [-0.4, -0.2) is 69.8 Å². The number of nitrogens with zero attached hydrogens (tertiary/aromatic N) is 2. The van der Waals surface area contributed by atoms with E-state index in [2.05, 4.69) is 5.32 Å². The zero-order chi connectivity index (χ0) is 21.9. The lowest BCUT2D eigenvalue weighted by molar-refractivity contribution is -0.132. The van der Waals surface area contributed by atoms with Gasteiger partial charge in [-0.15, -0.1) is 0 Å². The maximum Gasteiger partial charge on any atom is 0.408 e. The standard InChI is InChI=1S/C22H31N3O5/c1-22(2,3)30-20(27)23-18-10-12-24(19(18)26)16-9-11-25(21(28)29)17(14-16)13-15-7-5-4-6-8-15/h4-8,16-18H,9-14H2,1-3H3,(H,23,27)(H,28,29)/t16?,17-,18?/m0/s1. The maximum absolute atomic E-state index is 12.9. The van der Waals surface area contributed by atoms with Gasteiger partial charge in [0, 0.05) is 25.2 Å². The van der Waals surface area contributed by atoms with Crippen molar-refractivity contribution in [1.82, 2.24) is 15.1 Å². The number of ether oxygens (including phenoxy) is 1. The minimum absolute atomic E-state index is 0.0350. The van der Waals surface area contributed by atoms with Gasteiger partial charge >= 0.3 is 12.2 Å². The van der Waals surface area contributed by atoms with Crippen molar-refractivity contribution in [3.05, 3.63) is 35.9 Å². The number of carboxylic acid groups (broad SMARTS) is 1. The Bertz CT molecular complexity index is 777. The van der Waals surface area contributed by atoms with Gasteiger partial charge < -0.3 is 25.0 Å². The number of hydrogen-bond acceptors (Lipinski definition) is 4. The lowest BCUT2D eigenvalue weighted by Gasteiger charge is -2.41. The molecule has 2 saturated heterocycles. The van der Waals surface area contributed by atoms with E-state index in [1.807, 2.05) is 30.3 Å². The number of carbonyl (C=O) groups is 3. The van der Waals surface area contributed by atoms with E-state index in [1.54, 1.807) is 25.7 Å². The summed E-state index contributed by atoms with van der Waals surface area (Å²) in [6.45, 7) is 6.27. The molecular formula is C22H31N3O5.